The van der Waals surface area contributed by atoms with Gasteiger partial charge in [-0.3, -0.25) is 57.6 Å². The van der Waals surface area contributed by atoms with Crippen molar-refractivity contribution in [3.8, 4) is 0 Å². The van der Waals surface area contributed by atoms with Crippen LogP contribution in [-0.4, -0.2) is 277 Å². The van der Waals surface area contributed by atoms with Crippen LogP contribution in [0.15, 0.2) is 12.2 Å². The van der Waals surface area contributed by atoms with Gasteiger partial charge in [0.15, 0.2) is 0 Å². The molecule has 2 fully saturated rings. The minimum Gasteiger partial charge on any atom is -0.390 e. The van der Waals surface area contributed by atoms with Gasteiger partial charge >= 0.3 is 0 Å². The van der Waals surface area contributed by atoms with Gasteiger partial charge in [-0.25, -0.2) is 0 Å². The first-order valence-corrected chi connectivity index (χ1v) is 34.1. The Labute approximate surface area is 562 Å². The van der Waals surface area contributed by atoms with Crippen LogP contribution in [0.1, 0.15) is 156 Å². The molecule has 0 bridgehead atoms. The third-order valence-electron chi connectivity index (χ3n) is 18.1. The van der Waals surface area contributed by atoms with E-state index in [4.69, 9.17) is 9.47 Å². The molecule has 0 spiro atoms. The van der Waals surface area contributed by atoms with Crippen LogP contribution in [0.4, 0.5) is 0 Å². The first-order valence-electron chi connectivity index (χ1n) is 34.1. The molecule has 2 aliphatic rings. The van der Waals surface area contributed by atoms with E-state index in [1.165, 1.54) is 82.8 Å². The van der Waals surface area contributed by atoms with E-state index in [0.29, 0.717) is 26.1 Å². The summed E-state index contributed by atoms with van der Waals surface area (Å²) in [4.78, 5) is 173. The molecule has 0 aliphatic carbocycles. The molecular formula is C68H122N12O14. The lowest BCUT2D eigenvalue weighted by Crippen LogP contribution is -2.63. The number of rotatable bonds is 20. The van der Waals surface area contributed by atoms with Crippen LogP contribution in [0.5, 0.6) is 0 Å². The van der Waals surface area contributed by atoms with Crippen molar-refractivity contribution in [3.63, 3.8) is 0 Å². The zero-order valence-corrected chi connectivity index (χ0v) is 61.3. The third kappa shape index (κ3) is 24.1. The van der Waals surface area contributed by atoms with E-state index in [1.54, 1.807) is 67.5 Å². The molecule has 2 rings (SSSR count). The van der Waals surface area contributed by atoms with Crippen molar-refractivity contribution in [1.82, 2.24) is 60.5 Å². The number of nitrogens with zero attached hydrogens (tertiary/aromatic N) is 8. The monoisotopic (exact) mass is 1330 g/mol. The van der Waals surface area contributed by atoms with Gasteiger partial charge in [0.1, 0.15) is 60.4 Å². The second-order valence-corrected chi connectivity index (χ2v) is 28.1. The van der Waals surface area contributed by atoms with E-state index in [9.17, 15) is 43.5 Å². The molecule has 26 nitrogen and oxygen atoms in total. The van der Waals surface area contributed by atoms with Crippen molar-refractivity contribution in [2.45, 2.75) is 228 Å². The van der Waals surface area contributed by atoms with Crippen molar-refractivity contribution >= 4 is 65.0 Å². The lowest BCUT2D eigenvalue weighted by atomic mass is 9.91. The Morgan fingerprint density at radius 2 is 1.02 bits per heavy atom. The number of hydrogen-bond donors (Lipinski definition) is 5. The molecule has 94 heavy (non-hydrogen) atoms. The SMILES string of the molecule is C/C=C/C[C@@H](C)[C@@H](O)[C@@H]1C(=O)N[C@@H](CC)C(=O)N(C)CC(=O)N(C)[C@@H]([C@@H](C)OCCCCN2CCOCC2)C(=O)N[C@@H](C(C)C)C(=O)N(C)[C@@H](CC(C)C)C(=O)N[C@@H](C)C(=O)N[C@H](C)C(=O)N(C)[C@@H](CC(C)C)C(=O)N(C)[C@@H](CC(C)C)C(=O)N(C)[C@H](C(C)C)C(=O)N1C. The molecule has 5 N–H and O–H groups in total. The first kappa shape index (κ1) is 83.8. The largest absolute Gasteiger partial charge is 0.390 e. The van der Waals surface area contributed by atoms with E-state index in [2.05, 4.69) is 26.2 Å². The fraction of sp³-hybridized carbons (Fsp3) is 0.809. The smallest absolute Gasteiger partial charge is 0.246 e. The van der Waals surface area contributed by atoms with Gasteiger partial charge in [-0.15, -0.1) is 0 Å². The van der Waals surface area contributed by atoms with E-state index in [1.807, 2.05) is 41.5 Å². The van der Waals surface area contributed by atoms with Crippen molar-refractivity contribution in [1.29, 1.82) is 0 Å². The van der Waals surface area contributed by atoms with Crippen LogP contribution >= 0.6 is 0 Å². The molecule has 26 heteroatoms. The van der Waals surface area contributed by atoms with E-state index in [-0.39, 0.29) is 50.0 Å². The summed E-state index contributed by atoms with van der Waals surface area (Å²) in [5.41, 5.74) is 0. The molecule has 538 valence electrons. The lowest BCUT2D eigenvalue weighted by molar-refractivity contribution is -0.157. The van der Waals surface area contributed by atoms with Crippen LogP contribution in [-0.2, 0) is 62.2 Å². The number of unbranched alkanes of at least 4 members (excludes halogenated alkanes) is 1. The number of aliphatic hydroxyl groups excluding tert-OH is 1. The highest BCUT2D eigenvalue weighted by Gasteiger charge is 2.46. The molecule has 13 atom stereocenters. The summed E-state index contributed by atoms with van der Waals surface area (Å²) in [6, 6.07) is -12.8. The number of likely N-dealkylation sites (N-methyl/N-ethyl adjacent to an activating group) is 7. The normalized spacial score (nSPS) is 26.9. The Kier molecular flexibility index (Phi) is 35.4. The van der Waals surface area contributed by atoms with Gasteiger partial charge in [-0.2, -0.15) is 0 Å². The molecule has 0 aromatic rings. The molecule has 2 saturated heterocycles. The number of amides is 11. The number of ether oxygens (including phenoxy) is 2. The van der Waals surface area contributed by atoms with Crippen LogP contribution in [0.3, 0.4) is 0 Å². The summed E-state index contributed by atoms with van der Waals surface area (Å²) in [6.07, 6.45) is 3.21. The van der Waals surface area contributed by atoms with Crippen molar-refractivity contribution in [3.05, 3.63) is 12.2 Å². The summed E-state index contributed by atoms with van der Waals surface area (Å²) in [5, 5.41) is 23.2. The van der Waals surface area contributed by atoms with Gasteiger partial charge in [0.25, 0.3) is 0 Å². The molecule has 0 radical (unpaired) electrons. The highest BCUT2D eigenvalue weighted by molar-refractivity contribution is 5.99. The van der Waals surface area contributed by atoms with Gasteiger partial charge in [-0.05, 0) is 115 Å². The van der Waals surface area contributed by atoms with Gasteiger partial charge in [0, 0.05) is 69.0 Å². The Bertz CT molecular complexity index is 2540. The number of hydrogen-bond acceptors (Lipinski definition) is 15. The highest BCUT2D eigenvalue weighted by Crippen LogP contribution is 2.26. The number of carbonyl (C=O) groups excluding carboxylic acids is 11. The zero-order valence-electron chi connectivity index (χ0n) is 61.3. The Hall–Kier alpha value is -6.25. The first-order chi connectivity index (χ1) is 43.8. The quantitative estimate of drug-likeness (QED) is 0.0865. The van der Waals surface area contributed by atoms with E-state index >= 15 is 14.4 Å². The second kappa shape index (κ2) is 39.7. The third-order valence-corrected chi connectivity index (χ3v) is 18.1. The molecule has 0 saturated carbocycles. The lowest BCUT2D eigenvalue weighted by Gasteiger charge is -2.41. The zero-order chi connectivity index (χ0) is 71.9. The molecule has 2 aliphatic heterocycles. The van der Waals surface area contributed by atoms with Gasteiger partial charge in [-0.1, -0.05) is 95.2 Å². The van der Waals surface area contributed by atoms with Gasteiger partial charge in [0.2, 0.25) is 65.0 Å². The molecule has 0 aromatic carbocycles. The number of allylic oxidation sites excluding steroid dienone is 2. The van der Waals surface area contributed by atoms with Crippen LogP contribution in [0.2, 0.25) is 0 Å². The minimum absolute atomic E-state index is 0.00187. The molecule has 0 aromatic heterocycles. The topological polar surface area (TPSA) is 300 Å². The molecule has 11 amide bonds. The summed E-state index contributed by atoms with van der Waals surface area (Å²) in [7, 11) is 9.87. The fourth-order valence-electron chi connectivity index (χ4n) is 12.1. The number of aliphatic hydroxyl groups is 1. The molecule has 0 unspecified atom stereocenters. The maximum atomic E-state index is 15.2. The number of nitrogens with one attached hydrogen (secondary N) is 4. The highest BCUT2D eigenvalue weighted by atomic mass is 16.5. The van der Waals surface area contributed by atoms with Crippen molar-refractivity contribution < 1.29 is 67.3 Å². The average molecular weight is 1330 g/mol. The summed E-state index contributed by atoms with van der Waals surface area (Å²) >= 11 is 0. The van der Waals surface area contributed by atoms with Gasteiger partial charge < -0.3 is 70.1 Å². The number of morpholine rings is 1. The Morgan fingerprint density at radius 1 is 0.532 bits per heavy atom. The predicted molar refractivity (Wildman–Crippen MR) is 361 cm³/mol. The van der Waals surface area contributed by atoms with E-state index < -0.39 is 162 Å². The maximum Gasteiger partial charge on any atom is 0.246 e. The van der Waals surface area contributed by atoms with Gasteiger partial charge in [0.05, 0.1) is 32.0 Å². The predicted octanol–water partition coefficient (Wildman–Crippen LogP) is 2.74. The minimum atomic E-state index is -1.63. The molecular weight excluding hydrogens is 1210 g/mol. The Balaban J connectivity index is 2.97. The Morgan fingerprint density at radius 3 is 1.53 bits per heavy atom. The standard InChI is InChI=1S/C68H122N12O14/c1-24-26-29-45(13)58(82)57-62(86)71-49(25-2)64(88)73(17)39-53(81)77(21)56(48(16)94-33-28-27-30-80-31-34-93-35-32-80)61(85)72-54(43(9)10)67(91)74(18)50(36-40(3)4)60(84)69-46(14)59(83)70-47(15)63(87)75(19)51(37-41(5)6)65(89)76(20)52(38-42(7)8)66(90)78(22)55(44(11)12)68(92)79(57)23/h24,26,40-52,54-58,82H,25,27-39H2,1-23H3,(H,69,84)(H,70,83)(H,71,86)(H,72,85)/b26-24+/t45-,46+,47-,48-,49+,50+,51+,52+,54+,55-,56+,57-,58-/m1/s1. The number of carbonyl (C=O) groups is 11. The van der Waals surface area contributed by atoms with Crippen LogP contribution in [0, 0.1) is 35.5 Å². The summed E-state index contributed by atoms with van der Waals surface area (Å²) in [5.74, 6) is -10.0. The maximum absolute atomic E-state index is 15.2. The second-order valence-electron chi connectivity index (χ2n) is 28.1. The van der Waals surface area contributed by atoms with E-state index in [0.717, 1.165) is 40.8 Å². The van der Waals surface area contributed by atoms with Crippen molar-refractivity contribution in [2.75, 3.05) is 95.3 Å². The molecule has 2 heterocycles. The van der Waals surface area contributed by atoms with Crippen LogP contribution < -0.4 is 21.3 Å². The fourth-order valence-corrected chi connectivity index (χ4v) is 12.1. The summed E-state index contributed by atoms with van der Waals surface area (Å²) in [6.45, 7) is 31.1. The average Bonchev–Trinajstić information content (AvgIpc) is 0.810. The summed E-state index contributed by atoms with van der Waals surface area (Å²) < 4.78 is 11.8. The van der Waals surface area contributed by atoms with Crippen LogP contribution in [0.25, 0.3) is 0 Å². The van der Waals surface area contributed by atoms with Crippen molar-refractivity contribution in [2.24, 2.45) is 35.5 Å².